The van der Waals surface area contributed by atoms with E-state index in [0.717, 1.165) is 24.3 Å². The summed E-state index contributed by atoms with van der Waals surface area (Å²) >= 11 is 0. The van der Waals surface area contributed by atoms with E-state index in [1.54, 1.807) is 24.0 Å². The zero-order valence-electron chi connectivity index (χ0n) is 15.4. The van der Waals surface area contributed by atoms with Crippen LogP contribution in [0.25, 0.3) is 0 Å². The number of Topliss-reactive ketones (excluding diaryl/α,β-unsaturated/α-hetero) is 1. The largest absolute Gasteiger partial charge is 0.490 e. The molecule has 1 saturated heterocycles. The molecule has 7 nitrogen and oxygen atoms in total. The van der Waals surface area contributed by atoms with Crippen LogP contribution in [0.2, 0.25) is 0 Å². The van der Waals surface area contributed by atoms with Crippen LogP contribution in [0.1, 0.15) is 41.5 Å². The molecule has 0 spiro atoms. The van der Waals surface area contributed by atoms with E-state index < -0.39 is 0 Å². The standard InChI is InChI=1S/C19H24N4O3/c1-13-19(15(3)24)14(2)23(21-13)12-18(25)22-10-6-17(7-11-22)26-16-4-8-20-9-5-16/h4-5,8-9,17H,6-7,10-12H2,1-3H3. The zero-order chi connectivity index (χ0) is 18.7. The maximum atomic E-state index is 12.6. The highest BCUT2D eigenvalue weighted by molar-refractivity contribution is 5.96. The van der Waals surface area contributed by atoms with Crippen LogP contribution < -0.4 is 4.74 Å². The molecule has 0 atom stereocenters. The number of nitrogens with zero attached hydrogens (tertiary/aromatic N) is 4. The summed E-state index contributed by atoms with van der Waals surface area (Å²) in [5, 5.41) is 4.35. The van der Waals surface area contributed by atoms with E-state index in [9.17, 15) is 9.59 Å². The number of piperidine rings is 1. The maximum absolute atomic E-state index is 12.6. The third-order valence-electron chi connectivity index (χ3n) is 4.77. The van der Waals surface area contributed by atoms with Crippen molar-refractivity contribution in [2.75, 3.05) is 13.1 Å². The number of ether oxygens (including phenoxy) is 1. The third kappa shape index (κ3) is 3.92. The number of likely N-dealkylation sites (tertiary alicyclic amines) is 1. The lowest BCUT2D eigenvalue weighted by Gasteiger charge is -2.32. The van der Waals surface area contributed by atoms with Crippen molar-refractivity contribution < 1.29 is 14.3 Å². The molecule has 1 aliphatic rings. The molecule has 1 fully saturated rings. The first kappa shape index (κ1) is 18.1. The van der Waals surface area contributed by atoms with Crippen molar-refractivity contribution in [3.63, 3.8) is 0 Å². The molecule has 1 aliphatic heterocycles. The van der Waals surface area contributed by atoms with Gasteiger partial charge in [-0.25, -0.2) is 0 Å². The van der Waals surface area contributed by atoms with E-state index in [2.05, 4.69) is 10.1 Å². The summed E-state index contributed by atoms with van der Waals surface area (Å²) < 4.78 is 7.57. The number of ketones is 1. The second-order valence-corrected chi connectivity index (χ2v) is 6.64. The SMILES string of the molecule is CC(=O)c1c(C)nn(CC(=O)N2CCC(Oc3ccncc3)CC2)c1C. The Kier molecular flexibility index (Phi) is 5.35. The summed E-state index contributed by atoms with van der Waals surface area (Å²) in [5.41, 5.74) is 2.04. The van der Waals surface area contributed by atoms with Crippen molar-refractivity contribution >= 4 is 11.7 Å². The summed E-state index contributed by atoms with van der Waals surface area (Å²) in [4.78, 5) is 30.1. The Morgan fingerprint density at radius 1 is 1.19 bits per heavy atom. The molecule has 2 aromatic rings. The lowest BCUT2D eigenvalue weighted by atomic mass is 10.1. The van der Waals surface area contributed by atoms with Gasteiger partial charge in [0.1, 0.15) is 18.4 Å². The van der Waals surface area contributed by atoms with Gasteiger partial charge in [0.15, 0.2) is 5.78 Å². The monoisotopic (exact) mass is 356 g/mol. The predicted molar refractivity (Wildman–Crippen MR) is 96.2 cm³/mol. The van der Waals surface area contributed by atoms with E-state index in [4.69, 9.17) is 4.74 Å². The van der Waals surface area contributed by atoms with Gasteiger partial charge in [0.2, 0.25) is 5.91 Å². The number of hydrogen-bond acceptors (Lipinski definition) is 5. The van der Waals surface area contributed by atoms with Gasteiger partial charge in [0.25, 0.3) is 0 Å². The van der Waals surface area contributed by atoms with Crippen molar-refractivity contribution in [2.45, 2.75) is 46.3 Å². The molecule has 26 heavy (non-hydrogen) atoms. The average Bonchev–Trinajstić information content (AvgIpc) is 2.90. The van der Waals surface area contributed by atoms with Gasteiger partial charge in [-0.2, -0.15) is 5.10 Å². The molecule has 3 heterocycles. The highest BCUT2D eigenvalue weighted by Gasteiger charge is 2.25. The molecule has 7 heteroatoms. The summed E-state index contributed by atoms with van der Waals surface area (Å²) in [7, 11) is 0. The maximum Gasteiger partial charge on any atom is 0.244 e. The highest BCUT2D eigenvalue weighted by Crippen LogP contribution is 2.19. The van der Waals surface area contributed by atoms with E-state index in [-0.39, 0.29) is 24.3 Å². The van der Waals surface area contributed by atoms with Crippen molar-refractivity contribution in [2.24, 2.45) is 0 Å². The zero-order valence-corrected chi connectivity index (χ0v) is 15.4. The molecule has 0 unspecified atom stereocenters. The topological polar surface area (TPSA) is 77.3 Å². The van der Waals surface area contributed by atoms with Crippen molar-refractivity contribution in [3.8, 4) is 5.75 Å². The Balaban J connectivity index is 1.56. The van der Waals surface area contributed by atoms with E-state index >= 15 is 0 Å². The van der Waals surface area contributed by atoms with Gasteiger partial charge in [-0.3, -0.25) is 19.3 Å². The van der Waals surface area contributed by atoms with Gasteiger partial charge in [-0.1, -0.05) is 0 Å². The smallest absolute Gasteiger partial charge is 0.244 e. The van der Waals surface area contributed by atoms with Crippen molar-refractivity contribution in [1.29, 1.82) is 0 Å². The summed E-state index contributed by atoms with van der Waals surface area (Å²) in [6.45, 7) is 6.64. The molecule has 0 aromatic carbocycles. The second-order valence-electron chi connectivity index (χ2n) is 6.64. The number of pyridine rings is 1. The van der Waals surface area contributed by atoms with Crippen LogP contribution in [-0.2, 0) is 11.3 Å². The van der Waals surface area contributed by atoms with Crippen LogP contribution in [0, 0.1) is 13.8 Å². The first-order valence-corrected chi connectivity index (χ1v) is 8.85. The molecule has 138 valence electrons. The fourth-order valence-electron chi connectivity index (χ4n) is 3.42. The van der Waals surface area contributed by atoms with Crippen LogP contribution in [0.15, 0.2) is 24.5 Å². The number of aromatic nitrogens is 3. The Morgan fingerprint density at radius 2 is 1.85 bits per heavy atom. The fourth-order valence-corrected chi connectivity index (χ4v) is 3.42. The molecule has 1 amide bonds. The average molecular weight is 356 g/mol. The number of carbonyl (C=O) groups excluding carboxylic acids is 2. The number of amides is 1. The van der Waals surface area contributed by atoms with Gasteiger partial charge in [-0.05, 0) is 32.9 Å². The number of carbonyl (C=O) groups is 2. The lowest BCUT2D eigenvalue weighted by Crippen LogP contribution is -2.43. The van der Waals surface area contributed by atoms with E-state index in [1.807, 2.05) is 24.0 Å². The van der Waals surface area contributed by atoms with Gasteiger partial charge >= 0.3 is 0 Å². The molecule has 2 aromatic heterocycles. The first-order chi connectivity index (χ1) is 12.5. The van der Waals surface area contributed by atoms with Crippen molar-refractivity contribution in [3.05, 3.63) is 41.5 Å². The van der Waals surface area contributed by atoms with Crippen LogP contribution in [0.4, 0.5) is 0 Å². The van der Waals surface area contributed by atoms with Gasteiger partial charge in [0, 0.05) is 44.0 Å². The van der Waals surface area contributed by atoms with E-state index in [0.29, 0.717) is 24.3 Å². The molecular weight excluding hydrogens is 332 g/mol. The molecule has 0 N–H and O–H groups in total. The molecule has 0 bridgehead atoms. The number of hydrogen-bond donors (Lipinski definition) is 0. The van der Waals surface area contributed by atoms with Crippen LogP contribution in [0.3, 0.4) is 0 Å². The minimum absolute atomic E-state index is 0.0206. The fraction of sp³-hybridized carbons (Fsp3) is 0.474. The predicted octanol–water partition coefficient (Wildman–Crippen LogP) is 2.17. The van der Waals surface area contributed by atoms with Crippen LogP contribution in [-0.4, -0.2) is 50.5 Å². The summed E-state index contributed by atoms with van der Waals surface area (Å²) in [6.07, 6.45) is 5.11. The molecule has 3 rings (SSSR count). The Morgan fingerprint density at radius 3 is 2.42 bits per heavy atom. The molecule has 0 radical (unpaired) electrons. The van der Waals surface area contributed by atoms with Crippen molar-refractivity contribution in [1.82, 2.24) is 19.7 Å². The Labute approximate surface area is 153 Å². The second kappa shape index (κ2) is 7.68. The summed E-state index contributed by atoms with van der Waals surface area (Å²) in [5.74, 6) is 0.810. The highest BCUT2D eigenvalue weighted by atomic mass is 16.5. The Hall–Kier alpha value is -2.70. The van der Waals surface area contributed by atoms with Gasteiger partial charge < -0.3 is 9.64 Å². The summed E-state index contributed by atoms with van der Waals surface area (Å²) in [6, 6.07) is 3.68. The third-order valence-corrected chi connectivity index (χ3v) is 4.77. The normalized spacial score (nSPS) is 15.1. The first-order valence-electron chi connectivity index (χ1n) is 8.85. The minimum Gasteiger partial charge on any atom is -0.490 e. The number of rotatable bonds is 5. The van der Waals surface area contributed by atoms with Crippen LogP contribution >= 0.6 is 0 Å². The molecule has 0 saturated carbocycles. The Bertz CT molecular complexity index is 793. The minimum atomic E-state index is -0.0206. The lowest BCUT2D eigenvalue weighted by molar-refractivity contribution is -0.133. The number of aryl methyl sites for hydroxylation is 1. The van der Waals surface area contributed by atoms with Gasteiger partial charge in [-0.15, -0.1) is 0 Å². The van der Waals surface area contributed by atoms with E-state index in [1.165, 1.54) is 6.92 Å². The van der Waals surface area contributed by atoms with Gasteiger partial charge in [0.05, 0.1) is 11.3 Å². The molecule has 0 aliphatic carbocycles. The molecular formula is C19H24N4O3. The van der Waals surface area contributed by atoms with Crippen LogP contribution in [0.5, 0.6) is 5.75 Å². The quantitative estimate of drug-likeness (QED) is 0.767.